The van der Waals surface area contributed by atoms with E-state index < -0.39 is 0 Å². The fraction of sp³-hybridized carbons (Fsp3) is 0.375. The molecule has 5 nitrogen and oxygen atoms in total. The number of benzene rings is 1. The quantitative estimate of drug-likeness (QED) is 0.622. The number of likely N-dealkylation sites (N-methyl/N-ethyl adjacent to an activating group) is 1. The van der Waals surface area contributed by atoms with Crippen LogP contribution in [0.15, 0.2) is 29.8 Å². The van der Waals surface area contributed by atoms with Gasteiger partial charge in [-0.05, 0) is 30.8 Å². The van der Waals surface area contributed by atoms with E-state index in [9.17, 15) is 10.1 Å². The molecule has 1 aliphatic heterocycles. The third-order valence-electron chi connectivity index (χ3n) is 3.55. The second-order valence-electron chi connectivity index (χ2n) is 5.04. The highest BCUT2D eigenvalue weighted by Crippen LogP contribution is 2.16. The van der Waals surface area contributed by atoms with E-state index in [-0.39, 0.29) is 11.5 Å². The molecule has 0 aromatic heterocycles. The van der Waals surface area contributed by atoms with Gasteiger partial charge >= 0.3 is 0 Å². The Labute approximate surface area is 125 Å². The lowest BCUT2D eigenvalue weighted by molar-refractivity contribution is -0.128. The third kappa shape index (κ3) is 3.83. The minimum Gasteiger partial charge on any atom is -0.497 e. The molecule has 0 spiro atoms. The van der Waals surface area contributed by atoms with E-state index in [0.29, 0.717) is 18.8 Å². The monoisotopic (exact) mass is 285 g/mol. The zero-order valence-corrected chi connectivity index (χ0v) is 12.4. The van der Waals surface area contributed by atoms with Crippen molar-refractivity contribution in [1.29, 1.82) is 5.26 Å². The van der Waals surface area contributed by atoms with Crippen LogP contribution in [0.2, 0.25) is 0 Å². The molecule has 0 aliphatic carbocycles. The van der Waals surface area contributed by atoms with Crippen LogP contribution in [0.3, 0.4) is 0 Å². The first-order valence-corrected chi connectivity index (χ1v) is 6.87. The van der Waals surface area contributed by atoms with Gasteiger partial charge in [0.15, 0.2) is 0 Å². The molecular formula is C16H19N3O2. The second kappa shape index (κ2) is 6.91. The Morgan fingerprint density at radius 3 is 2.67 bits per heavy atom. The molecule has 0 atom stereocenters. The molecule has 1 aromatic carbocycles. The predicted molar refractivity (Wildman–Crippen MR) is 80.7 cm³/mol. The van der Waals surface area contributed by atoms with Crippen molar-refractivity contribution < 1.29 is 9.53 Å². The van der Waals surface area contributed by atoms with Gasteiger partial charge in [-0.15, -0.1) is 0 Å². The minimum atomic E-state index is -0.201. The van der Waals surface area contributed by atoms with Crippen molar-refractivity contribution in [3.8, 4) is 11.8 Å². The number of carbonyl (C=O) groups is 1. The number of carbonyl (C=O) groups excluding carboxylic acids is 1. The van der Waals surface area contributed by atoms with Crippen LogP contribution < -0.4 is 4.74 Å². The van der Waals surface area contributed by atoms with Gasteiger partial charge in [-0.1, -0.05) is 12.1 Å². The fourth-order valence-corrected chi connectivity index (χ4v) is 2.22. The number of ether oxygens (including phenoxy) is 1. The number of amides is 1. The Morgan fingerprint density at radius 1 is 1.33 bits per heavy atom. The maximum absolute atomic E-state index is 12.4. The van der Waals surface area contributed by atoms with E-state index in [2.05, 4.69) is 4.90 Å². The summed E-state index contributed by atoms with van der Waals surface area (Å²) in [6, 6.07) is 9.31. The van der Waals surface area contributed by atoms with Crippen molar-refractivity contribution in [1.82, 2.24) is 9.80 Å². The van der Waals surface area contributed by atoms with E-state index in [1.165, 1.54) is 0 Å². The Morgan fingerprint density at radius 2 is 2.05 bits per heavy atom. The maximum atomic E-state index is 12.4. The highest BCUT2D eigenvalue weighted by atomic mass is 16.5. The first-order valence-electron chi connectivity index (χ1n) is 6.87. The fourth-order valence-electron chi connectivity index (χ4n) is 2.22. The van der Waals surface area contributed by atoms with Crippen LogP contribution in [0.25, 0.3) is 6.08 Å². The van der Waals surface area contributed by atoms with Gasteiger partial charge in [0.1, 0.15) is 17.4 Å². The number of nitriles is 1. The molecule has 2 rings (SSSR count). The smallest absolute Gasteiger partial charge is 0.264 e. The highest BCUT2D eigenvalue weighted by Gasteiger charge is 2.22. The van der Waals surface area contributed by atoms with Crippen molar-refractivity contribution >= 4 is 12.0 Å². The molecule has 1 aromatic rings. The molecule has 0 bridgehead atoms. The number of hydrogen-bond donors (Lipinski definition) is 0. The summed E-state index contributed by atoms with van der Waals surface area (Å²) < 4.78 is 5.15. The maximum Gasteiger partial charge on any atom is 0.264 e. The van der Waals surface area contributed by atoms with Gasteiger partial charge < -0.3 is 14.5 Å². The first-order chi connectivity index (χ1) is 10.1. The SMILES string of the molecule is COc1cccc(/C=C(\C#N)C(=O)N2CCN(C)CC2)c1. The van der Waals surface area contributed by atoms with Gasteiger partial charge in [0, 0.05) is 26.2 Å². The molecule has 1 aliphatic rings. The summed E-state index contributed by atoms with van der Waals surface area (Å²) in [5.74, 6) is 0.501. The average molecular weight is 285 g/mol. The number of hydrogen-bond acceptors (Lipinski definition) is 4. The lowest BCUT2D eigenvalue weighted by Gasteiger charge is -2.32. The Bertz CT molecular complexity index is 581. The lowest BCUT2D eigenvalue weighted by Crippen LogP contribution is -2.47. The summed E-state index contributed by atoms with van der Waals surface area (Å²) in [6.45, 7) is 2.99. The number of rotatable bonds is 3. The zero-order chi connectivity index (χ0) is 15.2. The van der Waals surface area contributed by atoms with Crippen LogP contribution in [0.1, 0.15) is 5.56 Å². The minimum absolute atomic E-state index is 0.160. The topological polar surface area (TPSA) is 56.6 Å². The Balaban J connectivity index is 2.16. The van der Waals surface area contributed by atoms with Gasteiger partial charge in [0.05, 0.1) is 7.11 Å². The number of methoxy groups -OCH3 is 1. The van der Waals surface area contributed by atoms with Crippen molar-refractivity contribution in [2.45, 2.75) is 0 Å². The number of nitrogens with zero attached hydrogens (tertiary/aromatic N) is 3. The van der Waals surface area contributed by atoms with Crippen LogP contribution in [-0.2, 0) is 4.79 Å². The lowest BCUT2D eigenvalue weighted by atomic mass is 10.1. The van der Waals surface area contributed by atoms with Crippen LogP contribution in [0.4, 0.5) is 0 Å². The Kier molecular flexibility index (Phi) is 4.96. The zero-order valence-electron chi connectivity index (χ0n) is 12.4. The molecule has 0 saturated carbocycles. The molecule has 1 heterocycles. The molecule has 110 valence electrons. The third-order valence-corrected chi connectivity index (χ3v) is 3.55. The van der Waals surface area contributed by atoms with Crippen LogP contribution in [0, 0.1) is 11.3 Å². The highest BCUT2D eigenvalue weighted by molar-refractivity contribution is 6.01. The van der Waals surface area contributed by atoms with Gasteiger partial charge in [-0.2, -0.15) is 5.26 Å². The molecule has 0 unspecified atom stereocenters. The summed E-state index contributed by atoms with van der Waals surface area (Å²) in [6.07, 6.45) is 1.61. The van der Waals surface area contributed by atoms with E-state index in [4.69, 9.17) is 4.74 Å². The normalized spacial score (nSPS) is 16.4. The van der Waals surface area contributed by atoms with Crippen molar-refractivity contribution in [3.63, 3.8) is 0 Å². The standard InChI is InChI=1S/C16H19N3O2/c1-18-6-8-19(9-7-18)16(20)14(12-17)10-13-4-3-5-15(11-13)21-2/h3-5,10-11H,6-9H2,1-2H3/b14-10+. The second-order valence-corrected chi connectivity index (χ2v) is 5.04. The first kappa shape index (κ1) is 15.1. The summed E-state index contributed by atoms with van der Waals surface area (Å²) >= 11 is 0. The molecule has 1 fully saturated rings. The Hall–Kier alpha value is -2.32. The van der Waals surface area contributed by atoms with Gasteiger partial charge in [-0.25, -0.2) is 0 Å². The van der Waals surface area contributed by atoms with Crippen LogP contribution >= 0.6 is 0 Å². The summed E-state index contributed by atoms with van der Waals surface area (Å²) in [7, 11) is 3.61. The molecule has 0 radical (unpaired) electrons. The summed E-state index contributed by atoms with van der Waals surface area (Å²) in [4.78, 5) is 16.3. The summed E-state index contributed by atoms with van der Waals surface area (Å²) in [5.41, 5.74) is 0.946. The van der Waals surface area contributed by atoms with Gasteiger partial charge in [0.25, 0.3) is 5.91 Å². The molecule has 1 saturated heterocycles. The van der Waals surface area contributed by atoms with Crippen molar-refractivity contribution in [2.75, 3.05) is 40.3 Å². The van der Waals surface area contributed by atoms with Crippen LogP contribution in [0.5, 0.6) is 5.75 Å². The molecule has 21 heavy (non-hydrogen) atoms. The number of piperazine rings is 1. The van der Waals surface area contributed by atoms with Crippen LogP contribution in [-0.4, -0.2) is 56.0 Å². The van der Waals surface area contributed by atoms with Gasteiger partial charge in [-0.3, -0.25) is 4.79 Å². The molecule has 5 heteroatoms. The van der Waals surface area contributed by atoms with E-state index >= 15 is 0 Å². The average Bonchev–Trinajstić information content (AvgIpc) is 2.53. The summed E-state index contributed by atoms with van der Waals surface area (Å²) in [5, 5.41) is 9.26. The molecular weight excluding hydrogens is 266 g/mol. The van der Waals surface area contributed by atoms with Crippen molar-refractivity contribution in [3.05, 3.63) is 35.4 Å². The predicted octanol–water partition coefficient (Wildman–Crippen LogP) is 1.38. The van der Waals surface area contributed by atoms with Crippen molar-refractivity contribution in [2.24, 2.45) is 0 Å². The van der Waals surface area contributed by atoms with Gasteiger partial charge in [0.2, 0.25) is 0 Å². The largest absolute Gasteiger partial charge is 0.497 e. The molecule has 1 amide bonds. The van der Waals surface area contributed by atoms with E-state index in [1.807, 2.05) is 31.3 Å². The molecule has 0 N–H and O–H groups in total. The van der Waals surface area contributed by atoms with E-state index in [1.54, 1.807) is 24.2 Å². The van der Waals surface area contributed by atoms with E-state index in [0.717, 1.165) is 18.7 Å².